The maximum Gasteiger partial charge on any atom is 0.131 e. The van der Waals surface area contributed by atoms with Gasteiger partial charge in [-0.15, -0.1) is 0 Å². The number of hydrogen-bond donors (Lipinski definition) is 0. The fraction of sp³-hybridized carbons (Fsp3) is 0.613. The second-order valence-electron chi connectivity index (χ2n) is 10.8. The molecule has 33 heavy (non-hydrogen) atoms. The van der Waals surface area contributed by atoms with Gasteiger partial charge in [-0.2, -0.15) is 0 Å². The Balaban J connectivity index is 1.34. The van der Waals surface area contributed by atoms with Crippen molar-refractivity contribution in [1.29, 1.82) is 0 Å². The zero-order chi connectivity index (χ0) is 23.0. The van der Waals surface area contributed by atoms with E-state index in [0.717, 1.165) is 17.0 Å². The van der Waals surface area contributed by atoms with Crippen LogP contribution in [0.5, 0.6) is 0 Å². The van der Waals surface area contributed by atoms with E-state index in [9.17, 15) is 0 Å². The van der Waals surface area contributed by atoms with Gasteiger partial charge in [0.2, 0.25) is 0 Å². The summed E-state index contributed by atoms with van der Waals surface area (Å²) in [5.74, 6) is 2.12. The molecule has 1 heterocycles. The summed E-state index contributed by atoms with van der Waals surface area (Å²) in [6.45, 7) is 4.61. The van der Waals surface area contributed by atoms with Crippen LogP contribution in [0.1, 0.15) is 107 Å². The minimum Gasteiger partial charge on any atom is -0.206 e. The van der Waals surface area contributed by atoms with Gasteiger partial charge in [0, 0.05) is 14.4 Å². The minimum atomic E-state index is -0.0661. The second kappa shape index (κ2) is 12.3. The minimum absolute atomic E-state index is 0.0465. The number of rotatable bonds is 9. The van der Waals surface area contributed by atoms with Crippen molar-refractivity contribution in [1.82, 2.24) is 0 Å². The number of halogens is 1. The lowest BCUT2D eigenvalue weighted by Gasteiger charge is -2.29. The van der Waals surface area contributed by atoms with E-state index in [4.69, 9.17) is 0 Å². The molecule has 1 radical (unpaired) electrons. The van der Waals surface area contributed by atoms with E-state index in [1.807, 2.05) is 12.1 Å². The Morgan fingerprint density at radius 2 is 1.42 bits per heavy atom. The average Bonchev–Trinajstić information content (AvgIpc) is 2.85. The Morgan fingerprint density at radius 3 is 2.06 bits per heavy atom. The van der Waals surface area contributed by atoms with Gasteiger partial charge in [-0.05, 0) is 79.0 Å². The topological polar surface area (TPSA) is 0 Å². The van der Waals surface area contributed by atoms with Crippen molar-refractivity contribution in [2.24, 2.45) is 5.92 Å². The van der Waals surface area contributed by atoms with Gasteiger partial charge in [0.1, 0.15) is 5.82 Å². The number of hydrogen-bond acceptors (Lipinski definition) is 0. The predicted octanol–water partition coefficient (Wildman–Crippen LogP) is 10.1. The van der Waals surface area contributed by atoms with E-state index in [0.29, 0.717) is 11.8 Å². The van der Waals surface area contributed by atoms with E-state index in [-0.39, 0.29) is 14.6 Å². The molecule has 0 bridgehead atoms. The van der Waals surface area contributed by atoms with E-state index in [1.54, 1.807) is 0 Å². The Bertz CT molecular complexity index is 842. The van der Waals surface area contributed by atoms with Gasteiger partial charge in [-0.25, -0.2) is 4.39 Å². The fourth-order valence-electron chi connectivity index (χ4n) is 6.38. The van der Waals surface area contributed by atoms with Gasteiger partial charge in [0.05, 0.1) is 0 Å². The second-order valence-corrected chi connectivity index (χ2v) is 13.8. The summed E-state index contributed by atoms with van der Waals surface area (Å²) in [7, 11) is -0.0661. The van der Waals surface area contributed by atoms with E-state index in [2.05, 4.69) is 44.2 Å². The van der Waals surface area contributed by atoms with Gasteiger partial charge >= 0.3 is 0 Å². The summed E-state index contributed by atoms with van der Waals surface area (Å²) in [5.41, 5.74) is 4.46. The van der Waals surface area contributed by atoms with Gasteiger partial charge in [-0.3, -0.25) is 0 Å². The lowest BCUT2D eigenvalue weighted by Crippen LogP contribution is -2.19. The molecule has 2 fully saturated rings. The molecule has 179 valence electrons. The van der Waals surface area contributed by atoms with E-state index in [1.165, 1.54) is 99.9 Å². The van der Waals surface area contributed by atoms with Gasteiger partial charge in [0.15, 0.2) is 0 Å². The van der Waals surface area contributed by atoms with Crippen molar-refractivity contribution in [2.75, 3.05) is 0 Å². The van der Waals surface area contributed by atoms with Gasteiger partial charge < -0.3 is 0 Å². The molecular weight excluding hydrogens is 419 g/mol. The summed E-state index contributed by atoms with van der Waals surface area (Å²) in [6.07, 6.45) is 14.6. The van der Waals surface area contributed by atoms with Crippen LogP contribution in [0.4, 0.5) is 4.39 Å². The molecule has 0 N–H and O–H groups in total. The highest BCUT2D eigenvalue weighted by Gasteiger charge is 2.24. The van der Waals surface area contributed by atoms with E-state index >= 15 is 4.39 Å². The Kier molecular flexibility index (Phi) is 9.24. The molecule has 0 spiro atoms. The Hall–Kier alpha value is -1.41. The molecule has 0 aromatic heterocycles. The summed E-state index contributed by atoms with van der Waals surface area (Å²) >= 11 is 0. The third kappa shape index (κ3) is 6.59. The molecule has 1 saturated heterocycles. The highest BCUT2D eigenvalue weighted by molar-refractivity contribution is 6.59. The van der Waals surface area contributed by atoms with Crippen LogP contribution in [0.25, 0.3) is 11.1 Å². The first kappa shape index (κ1) is 24.7. The van der Waals surface area contributed by atoms with Crippen LogP contribution in [0, 0.1) is 11.7 Å². The van der Waals surface area contributed by atoms with Crippen molar-refractivity contribution < 1.29 is 4.39 Å². The van der Waals surface area contributed by atoms with Crippen LogP contribution >= 0.6 is 0 Å². The molecule has 4 rings (SSSR count). The summed E-state index contributed by atoms with van der Waals surface area (Å²) in [6, 6.07) is 19.4. The number of unbranched alkanes of at least 4 members (excludes halogenated alkanes) is 2. The van der Waals surface area contributed by atoms with Crippen molar-refractivity contribution >= 4 is 8.80 Å². The monoisotopic (exact) mass is 463 g/mol. The largest absolute Gasteiger partial charge is 0.206 e. The first-order valence-corrected chi connectivity index (χ1v) is 16.0. The van der Waals surface area contributed by atoms with Crippen molar-refractivity contribution in [3.8, 4) is 11.1 Å². The van der Waals surface area contributed by atoms with Crippen LogP contribution in [-0.4, -0.2) is 8.80 Å². The highest BCUT2D eigenvalue weighted by atomic mass is 28.3. The van der Waals surface area contributed by atoms with Crippen LogP contribution in [-0.2, 0) is 0 Å². The molecule has 2 aromatic carbocycles. The SMILES string of the molecule is CCCCCC1CCC(c2ccc(-c3ccc(C4CC[Si](CCC)CC4)cc3)c(F)c2)CC1. The third-order valence-corrected chi connectivity index (χ3v) is 11.7. The van der Waals surface area contributed by atoms with Gasteiger partial charge in [0.25, 0.3) is 0 Å². The maximum atomic E-state index is 15.1. The van der Waals surface area contributed by atoms with Crippen LogP contribution in [0.3, 0.4) is 0 Å². The molecule has 0 atom stereocenters. The Labute approximate surface area is 204 Å². The van der Waals surface area contributed by atoms with E-state index < -0.39 is 0 Å². The molecule has 1 saturated carbocycles. The molecule has 0 unspecified atom stereocenters. The van der Waals surface area contributed by atoms with Crippen molar-refractivity contribution in [3.05, 3.63) is 59.4 Å². The molecule has 2 aliphatic rings. The van der Waals surface area contributed by atoms with Crippen molar-refractivity contribution in [3.63, 3.8) is 0 Å². The van der Waals surface area contributed by atoms with Crippen molar-refractivity contribution in [2.45, 2.75) is 114 Å². The molecule has 1 aliphatic heterocycles. The molecule has 1 aliphatic carbocycles. The summed E-state index contributed by atoms with van der Waals surface area (Å²) in [4.78, 5) is 0. The standard InChI is InChI=1S/C31H44FSi/c1-3-5-6-7-24-8-10-26(11-9-24)29-16-17-30(31(32)23-29)28-14-12-25(13-15-28)27-18-21-33(20-4-2)22-19-27/h12-17,23-24,26-27H,3-11,18-22H2,1-2H3. The third-order valence-electron chi connectivity index (χ3n) is 8.52. The molecule has 2 heteroatoms. The highest BCUT2D eigenvalue weighted by Crippen LogP contribution is 2.39. The zero-order valence-electron chi connectivity index (χ0n) is 21.1. The predicted molar refractivity (Wildman–Crippen MR) is 143 cm³/mol. The first-order chi connectivity index (χ1) is 16.2. The summed E-state index contributed by atoms with van der Waals surface area (Å²) < 4.78 is 15.1. The average molecular weight is 464 g/mol. The lowest BCUT2D eigenvalue weighted by atomic mass is 9.77. The zero-order valence-corrected chi connectivity index (χ0v) is 22.1. The molecule has 0 amide bonds. The number of benzene rings is 2. The smallest absolute Gasteiger partial charge is 0.131 e. The fourth-order valence-corrected chi connectivity index (χ4v) is 9.36. The normalized spacial score (nSPS) is 22.5. The molecular formula is C31H44FSi. The van der Waals surface area contributed by atoms with Crippen LogP contribution < -0.4 is 0 Å². The Morgan fingerprint density at radius 1 is 0.758 bits per heavy atom. The lowest BCUT2D eigenvalue weighted by molar-refractivity contribution is 0.302. The quantitative estimate of drug-likeness (QED) is 0.256. The first-order valence-electron chi connectivity index (χ1n) is 13.9. The van der Waals surface area contributed by atoms with Gasteiger partial charge in [-0.1, -0.05) is 100 Å². The molecule has 2 aromatic rings. The maximum absolute atomic E-state index is 15.1. The summed E-state index contributed by atoms with van der Waals surface area (Å²) in [5, 5.41) is 0. The van der Waals surface area contributed by atoms with Crippen LogP contribution in [0.2, 0.25) is 18.1 Å². The van der Waals surface area contributed by atoms with Crippen LogP contribution in [0.15, 0.2) is 42.5 Å². The molecule has 0 nitrogen and oxygen atoms in total.